The van der Waals surface area contributed by atoms with Crippen LogP contribution in [0.2, 0.25) is 0 Å². The maximum atomic E-state index is 11.8. The van der Waals surface area contributed by atoms with Gasteiger partial charge in [-0.15, -0.1) is 0 Å². The number of aromatic nitrogens is 2. The Bertz CT molecular complexity index is 610. The van der Waals surface area contributed by atoms with Crippen LogP contribution in [-0.4, -0.2) is 24.7 Å². The number of nitrogens with zero attached hydrogens (tertiary/aromatic N) is 2. The monoisotopic (exact) mass is 254 g/mol. The van der Waals surface area contributed by atoms with Gasteiger partial charge in [0, 0.05) is 0 Å². The molecule has 1 aromatic heterocycles. The van der Waals surface area contributed by atoms with Crippen molar-refractivity contribution in [3.05, 3.63) is 38.9 Å². The third-order valence-electron chi connectivity index (χ3n) is 2.37. The molecule has 0 unspecified atom stereocenters. The average Bonchev–Trinajstić information content (AvgIpc) is 2.23. The molecule has 0 spiro atoms. The van der Waals surface area contributed by atoms with Gasteiger partial charge in [-0.3, -0.25) is 0 Å². The predicted octanol–water partition coefficient (Wildman–Crippen LogP) is 0.577. The van der Waals surface area contributed by atoms with Crippen molar-refractivity contribution in [1.29, 1.82) is 0 Å². The zero-order chi connectivity index (χ0) is 10.3. The Labute approximate surface area is 89.0 Å². The van der Waals surface area contributed by atoms with Crippen LogP contribution < -0.4 is 5.56 Å². The fraction of sp³-hybridized carbons (Fsp3) is 0.200. The molecule has 0 fully saturated rings. The second-order valence-electron chi connectivity index (χ2n) is 3.22. The van der Waals surface area contributed by atoms with Gasteiger partial charge in [0.25, 0.3) is 0 Å². The Morgan fingerprint density at radius 3 is 2.50 bits per heavy atom. The quantitative estimate of drug-likeness (QED) is 0.631. The third kappa shape index (κ3) is 1.19. The minimum atomic E-state index is 0.0347. The molecule has 1 heterocycles. The standard InChI is InChI=1S/C10H10N2OSe/c1-11-8-6-4-3-5-7(8)9(13)12(2)10(11)14/h3-6H,1-2H3. The molecule has 0 saturated heterocycles. The second-order valence-corrected chi connectivity index (χ2v) is 3.99. The molecule has 2 rings (SSSR count). The van der Waals surface area contributed by atoms with Gasteiger partial charge in [0.2, 0.25) is 0 Å². The fourth-order valence-corrected chi connectivity index (χ4v) is 1.92. The summed E-state index contributed by atoms with van der Waals surface area (Å²) in [6, 6.07) is 7.60. The van der Waals surface area contributed by atoms with Gasteiger partial charge in [0.15, 0.2) is 0 Å². The van der Waals surface area contributed by atoms with Crippen LogP contribution in [0.4, 0.5) is 0 Å². The van der Waals surface area contributed by atoms with E-state index in [4.69, 9.17) is 0 Å². The van der Waals surface area contributed by atoms with Gasteiger partial charge in [0.1, 0.15) is 0 Å². The van der Waals surface area contributed by atoms with E-state index < -0.39 is 0 Å². The summed E-state index contributed by atoms with van der Waals surface area (Å²) in [5.74, 6) is 0. The molecule has 0 N–H and O–H groups in total. The molecule has 0 saturated carbocycles. The first-order valence-corrected chi connectivity index (χ1v) is 5.13. The topological polar surface area (TPSA) is 26.9 Å². The van der Waals surface area contributed by atoms with E-state index >= 15 is 0 Å². The number of benzene rings is 1. The first-order valence-electron chi connectivity index (χ1n) is 4.27. The molecule has 0 aliphatic carbocycles. The van der Waals surface area contributed by atoms with Crippen LogP contribution in [0.3, 0.4) is 0 Å². The van der Waals surface area contributed by atoms with Crippen LogP contribution in [0.15, 0.2) is 29.1 Å². The van der Waals surface area contributed by atoms with Gasteiger partial charge >= 0.3 is 88.7 Å². The molecule has 4 heteroatoms. The van der Waals surface area contributed by atoms with Crippen molar-refractivity contribution in [3.63, 3.8) is 0 Å². The molecule has 3 nitrogen and oxygen atoms in total. The van der Waals surface area contributed by atoms with Gasteiger partial charge < -0.3 is 0 Å². The summed E-state index contributed by atoms with van der Waals surface area (Å²) >= 11 is 2.90. The van der Waals surface area contributed by atoms with Gasteiger partial charge in [-0.25, -0.2) is 0 Å². The number of hydrogen-bond acceptors (Lipinski definition) is 1. The average molecular weight is 253 g/mol. The van der Waals surface area contributed by atoms with Crippen LogP contribution in [0, 0.1) is 4.32 Å². The summed E-state index contributed by atoms with van der Waals surface area (Å²) in [5.41, 5.74) is 0.983. The molecule has 0 aliphatic heterocycles. The Morgan fingerprint density at radius 2 is 1.79 bits per heavy atom. The molecule has 0 bridgehead atoms. The number of fused-ring (bicyclic) bond motifs is 1. The Morgan fingerprint density at radius 1 is 1.14 bits per heavy atom. The molecule has 14 heavy (non-hydrogen) atoms. The fourth-order valence-electron chi connectivity index (χ4n) is 1.54. The van der Waals surface area contributed by atoms with Crippen LogP contribution >= 0.6 is 0 Å². The maximum absolute atomic E-state index is 11.8. The van der Waals surface area contributed by atoms with Crippen molar-refractivity contribution in [1.82, 2.24) is 9.13 Å². The van der Waals surface area contributed by atoms with E-state index in [0.29, 0.717) is 0 Å². The van der Waals surface area contributed by atoms with E-state index in [2.05, 4.69) is 15.6 Å². The van der Waals surface area contributed by atoms with Gasteiger partial charge in [-0.1, -0.05) is 0 Å². The summed E-state index contributed by atoms with van der Waals surface area (Å²) in [6.07, 6.45) is 0. The molecule has 0 radical (unpaired) electrons. The van der Waals surface area contributed by atoms with Crippen molar-refractivity contribution in [2.24, 2.45) is 14.1 Å². The normalized spacial score (nSPS) is 10.7. The summed E-state index contributed by atoms with van der Waals surface area (Å²) < 4.78 is 4.41. The van der Waals surface area contributed by atoms with Gasteiger partial charge in [0.05, 0.1) is 0 Å². The number of aryl methyl sites for hydroxylation is 1. The zero-order valence-electron chi connectivity index (χ0n) is 8.02. The molecular formula is C10H10N2OSe. The molecular weight excluding hydrogens is 243 g/mol. The molecule has 72 valence electrons. The van der Waals surface area contributed by atoms with E-state index in [0.717, 1.165) is 15.2 Å². The molecule has 2 aromatic rings. The van der Waals surface area contributed by atoms with Crippen molar-refractivity contribution < 1.29 is 0 Å². The van der Waals surface area contributed by atoms with E-state index in [1.807, 2.05) is 35.9 Å². The van der Waals surface area contributed by atoms with Crippen LogP contribution in [-0.2, 0) is 14.1 Å². The molecule has 0 amide bonds. The van der Waals surface area contributed by atoms with Crippen LogP contribution in [0.25, 0.3) is 10.9 Å². The number of para-hydroxylation sites is 1. The summed E-state index contributed by atoms with van der Waals surface area (Å²) in [5, 5.41) is 0.747. The van der Waals surface area contributed by atoms with Crippen molar-refractivity contribution >= 4 is 26.5 Å². The zero-order valence-corrected chi connectivity index (χ0v) is 9.73. The van der Waals surface area contributed by atoms with E-state index in [1.165, 1.54) is 0 Å². The molecule has 1 aromatic carbocycles. The first kappa shape index (κ1) is 9.44. The van der Waals surface area contributed by atoms with Crippen molar-refractivity contribution in [2.45, 2.75) is 0 Å². The number of rotatable bonds is 0. The first-order chi connectivity index (χ1) is 6.63. The van der Waals surface area contributed by atoms with Gasteiger partial charge in [-0.05, 0) is 0 Å². The SMILES string of the molecule is Cn1c(=O)c2ccccc2n(C)c1=[Se]. The summed E-state index contributed by atoms with van der Waals surface area (Å²) in [6.45, 7) is 0. The van der Waals surface area contributed by atoms with Crippen molar-refractivity contribution in [2.75, 3.05) is 0 Å². The van der Waals surface area contributed by atoms with E-state index in [-0.39, 0.29) is 5.56 Å². The minimum absolute atomic E-state index is 0.0347. The third-order valence-corrected chi connectivity index (χ3v) is 3.52. The van der Waals surface area contributed by atoms with E-state index in [1.54, 1.807) is 11.6 Å². The Balaban J connectivity index is 3.19. The van der Waals surface area contributed by atoms with Crippen LogP contribution in [0.5, 0.6) is 0 Å². The van der Waals surface area contributed by atoms with Crippen LogP contribution in [0.1, 0.15) is 0 Å². The molecule has 0 atom stereocenters. The molecule has 0 aliphatic rings. The second kappa shape index (κ2) is 3.23. The summed E-state index contributed by atoms with van der Waals surface area (Å²) in [7, 11) is 3.70. The Hall–Kier alpha value is -1.12. The predicted molar refractivity (Wildman–Crippen MR) is 57.2 cm³/mol. The van der Waals surface area contributed by atoms with Crippen molar-refractivity contribution in [3.8, 4) is 0 Å². The van der Waals surface area contributed by atoms with Gasteiger partial charge in [-0.2, -0.15) is 0 Å². The number of hydrogen-bond donors (Lipinski definition) is 0. The van der Waals surface area contributed by atoms with E-state index in [9.17, 15) is 4.79 Å². The Kier molecular flexibility index (Phi) is 2.17. The summed E-state index contributed by atoms with van der Waals surface area (Å²) in [4.78, 5) is 11.8.